The Morgan fingerprint density at radius 3 is 2.55 bits per heavy atom. The molecule has 7 nitrogen and oxygen atoms in total. The maximum absolute atomic E-state index is 13.3. The van der Waals surface area contributed by atoms with Gasteiger partial charge in [0.15, 0.2) is 17.2 Å². The lowest BCUT2D eigenvalue weighted by molar-refractivity contribution is -0.142. The smallest absolute Gasteiger partial charge is 0.436 e. The van der Waals surface area contributed by atoms with Crippen LogP contribution >= 0.6 is 15.9 Å². The van der Waals surface area contributed by atoms with Gasteiger partial charge in [0.25, 0.3) is 0 Å². The summed E-state index contributed by atoms with van der Waals surface area (Å²) >= 11 is 3.09. The summed E-state index contributed by atoms with van der Waals surface area (Å²) in [4.78, 5) is 16.8. The molecule has 0 bridgehead atoms. The number of benzene rings is 1. The zero-order chi connectivity index (χ0) is 23.2. The highest BCUT2D eigenvalue weighted by Crippen LogP contribution is 2.47. The highest BCUT2D eigenvalue weighted by atomic mass is 79.9. The molecule has 2 fully saturated rings. The molecule has 1 aliphatic carbocycles. The molecule has 178 valence electrons. The number of alkyl halides is 3. The third-order valence-electron chi connectivity index (χ3n) is 6.27. The van der Waals surface area contributed by atoms with Crippen LogP contribution in [0.1, 0.15) is 42.1 Å². The number of hydrogen-bond acceptors (Lipinski definition) is 5. The number of aromatic nitrogens is 2. The van der Waals surface area contributed by atoms with Crippen LogP contribution in [0.25, 0.3) is 0 Å². The van der Waals surface area contributed by atoms with E-state index in [2.05, 4.69) is 25.9 Å². The number of halogens is 4. The normalized spacial score (nSPS) is 18.7. The van der Waals surface area contributed by atoms with Crippen molar-refractivity contribution in [3.05, 3.63) is 39.6 Å². The molecule has 5 rings (SSSR count). The fourth-order valence-corrected chi connectivity index (χ4v) is 5.20. The number of carbonyl (C=O) groups is 1. The predicted molar refractivity (Wildman–Crippen MR) is 116 cm³/mol. The molecular weight excluding hydrogens is 505 g/mol. The summed E-state index contributed by atoms with van der Waals surface area (Å²) in [6, 6.07) is 5.90. The van der Waals surface area contributed by atoms with Crippen LogP contribution in [0.3, 0.4) is 0 Å². The van der Waals surface area contributed by atoms with Crippen molar-refractivity contribution in [3.8, 4) is 11.5 Å². The van der Waals surface area contributed by atoms with E-state index in [9.17, 15) is 18.0 Å². The fraction of sp³-hybridized carbons (Fsp3) is 0.545. The van der Waals surface area contributed by atoms with Gasteiger partial charge in [-0.05, 0) is 46.5 Å². The Morgan fingerprint density at radius 2 is 1.85 bits per heavy atom. The Labute approximate surface area is 197 Å². The number of hydrogen-bond donors (Lipinski definition) is 0. The molecule has 1 saturated carbocycles. The second-order valence-corrected chi connectivity index (χ2v) is 9.43. The topological polar surface area (TPSA) is 59.8 Å². The quantitative estimate of drug-likeness (QED) is 0.567. The minimum absolute atomic E-state index is 0.0158. The monoisotopic (exact) mass is 528 g/mol. The van der Waals surface area contributed by atoms with Gasteiger partial charge in [-0.3, -0.25) is 14.4 Å². The van der Waals surface area contributed by atoms with Gasteiger partial charge in [0, 0.05) is 45.1 Å². The molecule has 3 aliphatic rings. The average Bonchev–Trinajstić information content (AvgIpc) is 3.39. The minimum Gasteiger partial charge on any atom is -0.454 e. The zero-order valence-corrected chi connectivity index (χ0v) is 19.5. The number of ether oxygens (including phenoxy) is 2. The molecule has 0 radical (unpaired) electrons. The summed E-state index contributed by atoms with van der Waals surface area (Å²) < 4.78 is 52.0. The van der Waals surface area contributed by atoms with E-state index in [0.29, 0.717) is 18.8 Å². The predicted octanol–water partition coefficient (Wildman–Crippen LogP) is 4.01. The summed E-state index contributed by atoms with van der Waals surface area (Å²) in [7, 11) is 0. The third-order valence-corrected chi connectivity index (χ3v) is 7.05. The first-order valence-electron chi connectivity index (χ1n) is 11.0. The van der Waals surface area contributed by atoms with E-state index in [1.54, 1.807) is 4.90 Å². The van der Waals surface area contributed by atoms with Gasteiger partial charge in [-0.25, -0.2) is 0 Å². The van der Waals surface area contributed by atoms with Gasteiger partial charge in [0.05, 0.1) is 16.7 Å². The lowest BCUT2D eigenvalue weighted by atomic mass is 10.1. The van der Waals surface area contributed by atoms with Crippen molar-refractivity contribution in [3.63, 3.8) is 0 Å². The van der Waals surface area contributed by atoms with E-state index in [1.165, 1.54) is 4.68 Å². The molecule has 0 spiro atoms. The summed E-state index contributed by atoms with van der Waals surface area (Å²) in [6.07, 6.45) is -2.69. The number of nitrogens with zero attached hydrogens (tertiary/aromatic N) is 4. The molecular formula is C22H24BrF3N4O3. The molecule has 1 saturated heterocycles. The van der Waals surface area contributed by atoms with E-state index >= 15 is 0 Å². The van der Waals surface area contributed by atoms with Gasteiger partial charge in [0.1, 0.15) is 0 Å². The lowest BCUT2D eigenvalue weighted by Crippen LogP contribution is -2.48. The van der Waals surface area contributed by atoms with Crippen molar-refractivity contribution < 1.29 is 27.4 Å². The maximum atomic E-state index is 13.3. The SMILES string of the molecule is O=C(CCn1nc(C(F)(F)F)c(Br)c1C1CC1)N1CCN(Cc2ccc3c(c2)OCO3)CC1. The molecule has 1 aromatic heterocycles. The van der Waals surface area contributed by atoms with E-state index in [4.69, 9.17) is 9.47 Å². The van der Waals surface area contributed by atoms with Crippen LogP contribution in [-0.4, -0.2) is 58.5 Å². The summed E-state index contributed by atoms with van der Waals surface area (Å²) in [5, 5.41) is 3.79. The number of carbonyl (C=O) groups excluding carboxylic acids is 1. The van der Waals surface area contributed by atoms with Crippen LogP contribution < -0.4 is 9.47 Å². The van der Waals surface area contributed by atoms with Crippen molar-refractivity contribution in [1.82, 2.24) is 19.6 Å². The Hall–Kier alpha value is -2.27. The van der Waals surface area contributed by atoms with Crippen LogP contribution in [0.4, 0.5) is 13.2 Å². The van der Waals surface area contributed by atoms with Crippen LogP contribution in [0.15, 0.2) is 22.7 Å². The van der Waals surface area contributed by atoms with Crippen molar-refractivity contribution in [2.45, 2.75) is 44.4 Å². The van der Waals surface area contributed by atoms with Gasteiger partial charge < -0.3 is 14.4 Å². The highest BCUT2D eigenvalue weighted by Gasteiger charge is 2.41. The number of piperazine rings is 1. The van der Waals surface area contributed by atoms with E-state index in [0.717, 1.165) is 49.5 Å². The largest absolute Gasteiger partial charge is 0.454 e. The standard InChI is InChI=1S/C22H24BrF3N4O3/c23-19-20(15-2-3-15)30(27-21(19)22(24,25)26)6-5-18(31)29-9-7-28(8-10-29)12-14-1-4-16-17(11-14)33-13-32-16/h1,4,11,15H,2-3,5-10,12-13H2. The Balaban J connectivity index is 1.15. The number of fused-ring (bicyclic) bond motifs is 1. The van der Waals surface area contributed by atoms with Crippen LogP contribution in [0.2, 0.25) is 0 Å². The Kier molecular flexibility index (Phi) is 6.02. The molecule has 2 aliphatic heterocycles. The fourth-order valence-electron chi connectivity index (χ4n) is 4.36. The molecule has 0 unspecified atom stereocenters. The maximum Gasteiger partial charge on any atom is 0.436 e. The third kappa shape index (κ3) is 4.84. The van der Waals surface area contributed by atoms with Gasteiger partial charge >= 0.3 is 6.18 Å². The molecule has 3 heterocycles. The molecule has 33 heavy (non-hydrogen) atoms. The number of rotatable bonds is 6. The van der Waals surface area contributed by atoms with E-state index < -0.39 is 11.9 Å². The second kappa shape index (κ2) is 8.83. The average molecular weight is 529 g/mol. The molecule has 0 atom stereocenters. The van der Waals surface area contributed by atoms with Crippen LogP contribution in [0.5, 0.6) is 11.5 Å². The first-order chi connectivity index (χ1) is 15.8. The zero-order valence-electron chi connectivity index (χ0n) is 17.9. The first kappa shape index (κ1) is 22.5. The van der Waals surface area contributed by atoms with Crippen LogP contribution in [0, 0.1) is 0 Å². The highest BCUT2D eigenvalue weighted by molar-refractivity contribution is 9.10. The molecule has 1 amide bonds. The molecule has 0 N–H and O–H groups in total. The minimum atomic E-state index is -4.52. The second-order valence-electron chi connectivity index (χ2n) is 8.64. The van der Waals surface area contributed by atoms with Crippen molar-refractivity contribution >= 4 is 21.8 Å². The van der Waals surface area contributed by atoms with Gasteiger partial charge in [-0.1, -0.05) is 6.07 Å². The first-order valence-corrected chi connectivity index (χ1v) is 11.8. The Bertz CT molecular complexity index is 1050. The summed E-state index contributed by atoms with van der Waals surface area (Å²) in [5.41, 5.74) is 0.772. The summed E-state index contributed by atoms with van der Waals surface area (Å²) in [6.45, 7) is 3.81. The van der Waals surface area contributed by atoms with Crippen molar-refractivity contribution in [1.29, 1.82) is 0 Å². The molecule has 11 heteroatoms. The molecule has 1 aromatic carbocycles. The van der Waals surface area contributed by atoms with Crippen LogP contribution in [-0.2, 0) is 24.1 Å². The Morgan fingerprint density at radius 1 is 1.12 bits per heavy atom. The van der Waals surface area contributed by atoms with E-state index in [1.807, 2.05) is 18.2 Å². The number of aryl methyl sites for hydroxylation is 1. The summed E-state index contributed by atoms with van der Waals surface area (Å²) in [5.74, 6) is 1.54. The number of amides is 1. The molecule has 2 aromatic rings. The van der Waals surface area contributed by atoms with Gasteiger partial charge in [0.2, 0.25) is 12.7 Å². The van der Waals surface area contributed by atoms with Crippen molar-refractivity contribution in [2.75, 3.05) is 33.0 Å². The van der Waals surface area contributed by atoms with Crippen molar-refractivity contribution in [2.24, 2.45) is 0 Å². The lowest BCUT2D eigenvalue weighted by Gasteiger charge is -2.35. The van der Waals surface area contributed by atoms with Gasteiger partial charge in [-0.15, -0.1) is 0 Å². The van der Waals surface area contributed by atoms with E-state index in [-0.39, 0.29) is 36.1 Å². The van der Waals surface area contributed by atoms with Gasteiger partial charge in [-0.2, -0.15) is 18.3 Å².